The molecule has 0 saturated heterocycles. The lowest BCUT2D eigenvalue weighted by Gasteiger charge is -2.05. The van der Waals surface area contributed by atoms with Crippen LogP contribution in [0.2, 0.25) is 0 Å². The summed E-state index contributed by atoms with van der Waals surface area (Å²) in [6, 6.07) is 4.17. The highest BCUT2D eigenvalue weighted by Gasteiger charge is 2.12. The fraction of sp³-hybridized carbons (Fsp3) is 0.357. The number of carboxylic acids is 1. The molecule has 0 fully saturated rings. The van der Waals surface area contributed by atoms with Crippen LogP contribution in [-0.2, 0) is 17.8 Å². The SMILES string of the molecule is Cc1cc2c(CC(=O)O)cn(CCN)c2cc1C. The summed E-state index contributed by atoms with van der Waals surface area (Å²) in [6.45, 7) is 5.35. The highest BCUT2D eigenvalue weighted by atomic mass is 16.4. The highest BCUT2D eigenvalue weighted by Crippen LogP contribution is 2.25. The minimum absolute atomic E-state index is 0.0522. The largest absolute Gasteiger partial charge is 0.481 e. The van der Waals surface area contributed by atoms with E-state index in [2.05, 4.69) is 19.1 Å². The lowest BCUT2D eigenvalue weighted by atomic mass is 10.0. The molecule has 1 heterocycles. The number of carbonyl (C=O) groups is 1. The molecule has 18 heavy (non-hydrogen) atoms. The van der Waals surface area contributed by atoms with E-state index in [1.807, 2.05) is 17.7 Å². The second kappa shape index (κ2) is 4.82. The maximum absolute atomic E-state index is 10.9. The first kappa shape index (κ1) is 12.6. The Morgan fingerprint density at radius 3 is 2.61 bits per heavy atom. The second-order valence-corrected chi connectivity index (χ2v) is 4.66. The number of aromatic nitrogens is 1. The Balaban J connectivity index is 2.64. The van der Waals surface area contributed by atoms with Gasteiger partial charge in [0.25, 0.3) is 0 Å². The summed E-state index contributed by atoms with van der Waals surface area (Å²) in [4.78, 5) is 10.9. The number of hydrogen-bond acceptors (Lipinski definition) is 2. The van der Waals surface area contributed by atoms with Crippen LogP contribution >= 0.6 is 0 Å². The van der Waals surface area contributed by atoms with Crippen LogP contribution in [0.15, 0.2) is 18.3 Å². The average molecular weight is 246 g/mol. The molecule has 0 aliphatic carbocycles. The topological polar surface area (TPSA) is 68.2 Å². The zero-order valence-electron chi connectivity index (χ0n) is 10.7. The maximum Gasteiger partial charge on any atom is 0.307 e. The molecule has 96 valence electrons. The van der Waals surface area contributed by atoms with Gasteiger partial charge < -0.3 is 15.4 Å². The minimum atomic E-state index is -0.806. The van der Waals surface area contributed by atoms with Gasteiger partial charge >= 0.3 is 5.97 Å². The number of aryl methyl sites for hydroxylation is 2. The van der Waals surface area contributed by atoms with Gasteiger partial charge in [-0.1, -0.05) is 0 Å². The summed E-state index contributed by atoms with van der Waals surface area (Å²) in [5, 5.41) is 9.98. The molecular weight excluding hydrogens is 228 g/mol. The summed E-state index contributed by atoms with van der Waals surface area (Å²) < 4.78 is 2.04. The fourth-order valence-electron chi connectivity index (χ4n) is 2.25. The van der Waals surface area contributed by atoms with Gasteiger partial charge in [-0.2, -0.15) is 0 Å². The zero-order valence-corrected chi connectivity index (χ0v) is 10.7. The number of nitrogens with two attached hydrogens (primary N) is 1. The van der Waals surface area contributed by atoms with E-state index >= 15 is 0 Å². The van der Waals surface area contributed by atoms with Gasteiger partial charge in [-0.25, -0.2) is 0 Å². The zero-order chi connectivity index (χ0) is 13.3. The van der Waals surface area contributed by atoms with Gasteiger partial charge in [-0.15, -0.1) is 0 Å². The lowest BCUT2D eigenvalue weighted by molar-refractivity contribution is -0.136. The van der Waals surface area contributed by atoms with Gasteiger partial charge in [0.05, 0.1) is 6.42 Å². The smallest absolute Gasteiger partial charge is 0.307 e. The molecule has 0 radical (unpaired) electrons. The monoisotopic (exact) mass is 246 g/mol. The number of aliphatic carboxylic acids is 1. The van der Waals surface area contributed by atoms with Gasteiger partial charge in [-0.05, 0) is 42.7 Å². The summed E-state index contributed by atoms with van der Waals surface area (Å²) in [5.41, 5.74) is 9.91. The van der Waals surface area contributed by atoms with Crippen LogP contribution < -0.4 is 5.73 Å². The van der Waals surface area contributed by atoms with Gasteiger partial charge in [0.1, 0.15) is 0 Å². The number of fused-ring (bicyclic) bond motifs is 1. The molecule has 4 heteroatoms. The van der Waals surface area contributed by atoms with Crippen LogP contribution in [0.3, 0.4) is 0 Å². The lowest BCUT2D eigenvalue weighted by Crippen LogP contribution is -2.08. The normalized spacial score (nSPS) is 11.1. The van der Waals surface area contributed by atoms with Crippen molar-refractivity contribution in [3.8, 4) is 0 Å². The van der Waals surface area contributed by atoms with E-state index in [0.29, 0.717) is 13.1 Å². The Hall–Kier alpha value is -1.81. The van der Waals surface area contributed by atoms with Crippen molar-refractivity contribution >= 4 is 16.9 Å². The number of hydrogen-bond donors (Lipinski definition) is 2. The van der Waals surface area contributed by atoms with Crippen molar-refractivity contribution in [1.82, 2.24) is 4.57 Å². The Kier molecular flexibility index (Phi) is 3.39. The number of rotatable bonds is 4. The molecule has 1 aromatic carbocycles. The van der Waals surface area contributed by atoms with Crippen molar-refractivity contribution in [1.29, 1.82) is 0 Å². The van der Waals surface area contributed by atoms with Crippen LogP contribution in [0, 0.1) is 13.8 Å². The maximum atomic E-state index is 10.9. The number of carboxylic acid groups (broad SMARTS) is 1. The first-order valence-electron chi connectivity index (χ1n) is 6.03. The predicted octanol–water partition coefficient (Wildman–Crippen LogP) is 1.84. The minimum Gasteiger partial charge on any atom is -0.481 e. The highest BCUT2D eigenvalue weighted by molar-refractivity contribution is 5.88. The Bertz CT molecular complexity index is 599. The third-order valence-corrected chi connectivity index (χ3v) is 3.29. The molecule has 0 bridgehead atoms. The molecular formula is C14H18N2O2. The van der Waals surface area contributed by atoms with Crippen LogP contribution in [0.1, 0.15) is 16.7 Å². The van der Waals surface area contributed by atoms with E-state index < -0.39 is 5.97 Å². The quantitative estimate of drug-likeness (QED) is 0.865. The second-order valence-electron chi connectivity index (χ2n) is 4.66. The molecule has 0 atom stereocenters. The average Bonchev–Trinajstić information content (AvgIpc) is 2.58. The molecule has 4 nitrogen and oxygen atoms in total. The van der Waals surface area contributed by atoms with Gasteiger partial charge in [0.15, 0.2) is 0 Å². The van der Waals surface area contributed by atoms with Crippen molar-refractivity contribution in [2.24, 2.45) is 5.73 Å². The van der Waals surface area contributed by atoms with Gasteiger partial charge in [0, 0.05) is 30.2 Å². The van der Waals surface area contributed by atoms with E-state index in [1.165, 1.54) is 11.1 Å². The molecule has 1 aromatic heterocycles. The van der Waals surface area contributed by atoms with Crippen LogP contribution in [0.25, 0.3) is 10.9 Å². The Labute approximate surface area is 106 Å². The standard InChI is InChI=1S/C14H18N2O2/c1-9-5-12-11(7-14(17)18)8-16(4-3-15)13(12)6-10(9)2/h5-6,8H,3-4,7,15H2,1-2H3,(H,17,18). The molecule has 0 amide bonds. The third-order valence-electron chi connectivity index (χ3n) is 3.29. The van der Waals surface area contributed by atoms with Gasteiger partial charge in [-0.3, -0.25) is 4.79 Å². The van der Waals surface area contributed by atoms with Crippen LogP contribution in [0.4, 0.5) is 0 Å². The summed E-state index contributed by atoms with van der Waals surface area (Å²) in [7, 11) is 0. The summed E-state index contributed by atoms with van der Waals surface area (Å²) >= 11 is 0. The molecule has 2 aromatic rings. The molecule has 3 N–H and O–H groups in total. The molecule has 0 saturated carbocycles. The predicted molar refractivity (Wildman–Crippen MR) is 71.8 cm³/mol. The van der Waals surface area contributed by atoms with Crippen LogP contribution in [0.5, 0.6) is 0 Å². The van der Waals surface area contributed by atoms with Crippen molar-refractivity contribution < 1.29 is 9.90 Å². The van der Waals surface area contributed by atoms with E-state index in [9.17, 15) is 4.79 Å². The fourth-order valence-corrected chi connectivity index (χ4v) is 2.25. The summed E-state index contributed by atoms with van der Waals surface area (Å²) in [6.07, 6.45) is 1.96. The van der Waals surface area contributed by atoms with E-state index in [0.717, 1.165) is 16.5 Å². The molecule has 0 aliphatic heterocycles. The van der Waals surface area contributed by atoms with E-state index in [4.69, 9.17) is 10.8 Å². The summed E-state index contributed by atoms with van der Waals surface area (Å²) in [5.74, 6) is -0.806. The first-order valence-corrected chi connectivity index (χ1v) is 6.03. The number of benzene rings is 1. The first-order chi connectivity index (χ1) is 8.52. The molecule has 0 aliphatic rings. The number of nitrogens with zero attached hydrogens (tertiary/aromatic N) is 1. The van der Waals surface area contributed by atoms with Crippen molar-refractivity contribution in [2.45, 2.75) is 26.8 Å². The Morgan fingerprint density at radius 1 is 1.33 bits per heavy atom. The van der Waals surface area contributed by atoms with E-state index in [-0.39, 0.29) is 6.42 Å². The third kappa shape index (κ3) is 2.24. The van der Waals surface area contributed by atoms with Crippen LogP contribution in [-0.4, -0.2) is 22.2 Å². The van der Waals surface area contributed by atoms with Crippen molar-refractivity contribution in [3.63, 3.8) is 0 Å². The van der Waals surface area contributed by atoms with Gasteiger partial charge in [0.2, 0.25) is 0 Å². The molecule has 0 unspecified atom stereocenters. The Morgan fingerprint density at radius 2 is 2.00 bits per heavy atom. The van der Waals surface area contributed by atoms with E-state index in [1.54, 1.807) is 0 Å². The van der Waals surface area contributed by atoms with Crippen molar-refractivity contribution in [3.05, 3.63) is 35.0 Å². The molecule has 0 spiro atoms. The van der Waals surface area contributed by atoms with Crippen molar-refractivity contribution in [2.75, 3.05) is 6.54 Å². The molecule has 2 rings (SSSR count).